The Kier molecular flexibility index (Phi) is 10.6. The Morgan fingerprint density at radius 1 is 0.885 bits per heavy atom. The molecule has 0 saturated carbocycles. The van der Waals surface area contributed by atoms with Crippen molar-refractivity contribution in [2.75, 3.05) is 0 Å². The molecule has 0 bridgehead atoms. The third kappa shape index (κ3) is 8.39. The second-order valence-electron chi connectivity index (χ2n) is 8.40. The summed E-state index contributed by atoms with van der Waals surface area (Å²) in [6.45, 7) is 17.4. The maximum atomic E-state index is 4.25. The minimum atomic E-state index is 0.543. The Bertz CT molecular complexity index is 545. The maximum absolute atomic E-state index is 4.25. The highest BCUT2D eigenvalue weighted by Crippen LogP contribution is 2.38. The predicted molar refractivity (Wildman–Crippen MR) is 119 cm³/mol. The number of hydrogen-bond donors (Lipinski definition) is 0. The molecular formula is C26H42. The van der Waals surface area contributed by atoms with Gasteiger partial charge in [0.2, 0.25) is 0 Å². The van der Waals surface area contributed by atoms with Gasteiger partial charge in [0.1, 0.15) is 0 Å². The van der Waals surface area contributed by atoms with Crippen molar-refractivity contribution in [3.63, 3.8) is 0 Å². The van der Waals surface area contributed by atoms with Gasteiger partial charge >= 0.3 is 0 Å². The van der Waals surface area contributed by atoms with Crippen molar-refractivity contribution in [3.8, 4) is 0 Å². The minimum Gasteiger partial charge on any atom is -0.100 e. The molecule has 26 heavy (non-hydrogen) atoms. The van der Waals surface area contributed by atoms with Crippen LogP contribution in [-0.2, 0) is 6.42 Å². The van der Waals surface area contributed by atoms with Crippen molar-refractivity contribution in [1.29, 1.82) is 0 Å². The average Bonchev–Trinajstić information content (AvgIpc) is 2.63. The van der Waals surface area contributed by atoms with Crippen molar-refractivity contribution in [1.82, 2.24) is 0 Å². The summed E-state index contributed by atoms with van der Waals surface area (Å²) in [7, 11) is 0. The van der Waals surface area contributed by atoms with Gasteiger partial charge < -0.3 is 0 Å². The van der Waals surface area contributed by atoms with Crippen LogP contribution in [0.3, 0.4) is 0 Å². The van der Waals surface area contributed by atoms with Crippen LogP contribution in [0, 0.1) is 12.3 Å². The van der Waals surface area contributed by atoms with Gasteiger partial charge in [-0.05, 0) is 81.8 Å². The van der Waals surface area contributed by atoms with E-state index in [-0.39, 0.29) is 0 Å². The Labute approximate surface area is 163 Å². The summed E-state index contributed by atoms with van der Waals surface area (Å²) in [5.41, 5.74) is 6.20. The van der Waals surface area contributed by atoms with Crippen LogP contribution < -0.4 is 0 Å². The Morgan fingerprint density at radius 3 is 2.15 bits per heavy atom. The summed E-state index contributed by atoms with van der Waals surface area (Å²) in [5, 5.41) is 0. The van der Waals surface area contributed by atoms with E-state index < -0.39 is 0 Å². The van der Waals surface area contributed by atoms with Crippen molar-refractivity contribution in [3.05, 3.63) is 59.7 Å². The van der Waals surface area contributed by atoms with Gasteiger partial charge in [-0.25, -0.2) is 0 Å². The summed E-state index contributed by atoms with van der Waals surface area (Å²) in [5.74, 6) is 0. The van der Waals surface area contributed by atoms with Crippen LogP contribution in [0.1, 0.15) is 96.1 Å². The maximum Gasteiger partial charge on any atom is -0.0276 e. The molecule has 0 amide bonds. The highest BCUT2D eigenvalue weighted by Gasteiger charge is 2.24. The molecule has 0 saturated heterocycles. The minimum absolute atomic E-state index is 0.543. The van der Waals surface area contributed by atoms with E-state index in [2.05, 4.69) is 65.1 Å². The van der Waals surface area contributed by atoms with Gasteiger partial charge in [-0.3, -0.25) is 0 Å². The first-order valence-corrected chi connectivity index (χ1v) is 10.8. The predicted octanol–water partition coefficient (Wildman–Crippen LogP) is 8.60. The summed E-state index contributed by atoms with van der Waals surface area (Å²) in [6.07, 6.45) is 14.0. The molecule has 0 nitrogen and oxygen atoms in total. The monoisotopic (exact) mass is 354 g/mol. The third-order valence-electron chi connectivity index (χ3n) is 6.31. The molecule has 0 heteroatoms. The first-order chi connectivity index (χ1) is 12.4. The SMILES string of the molecule is C=C(C)CCC(=C)CCCCC(CC)(CC)CCCc1ccccc1C. The fourth-order valence-electron chi connectivity index (χ4n) is 4.02. The third-order valence-corrected chi connectivity index (χ3v) is 6.31. The zero-order chi connectivity index (χ0) is 19.4. The van der Waals surface area contributed by atoms with E-state index in [1.165, 1.54) is 80.1 Å². The highest BCUT2D eigenvalue weighted by molar-refractivity contribution is 5.25. The fourth-order valence-corrected chi connectivity index (χ4v) is 4.02. The van der Waals surface area contributed by atoms with Crippen LogP contribution in [0.25, 0.3) is 0 Å². The van der Waals surface area contributed by atoms with Crippen LogP contribution in [0.5, 0.6) is 0 Å². The summed E-state index contributed by atoms with van der Waals surface area (Å²) in [4.78, 5) is 0. The number of unbranched alkanes of at least 4 members (excludes halogenated alkanes) is 1. The first-order valence-electron chi connectivity index (χ1n) is 10.8. The Balaban J connectivity index is 2.37. The van der Waals surface area contributed by atoms with E-state index in [9.17, 15) is 0 Å². The van der Waals surface area contributed by atoms with E-state index in [0.717, 1.165) is 12.8 Å². The lowest BCUT2D eigenvalue weighted by Crippen LogP contribution is -2.19. The molecule has 0 aliphatic carbocycles. The van der Waals surface area contributed by atoms with Gasteiger partial charge in [0.15, 0.2) is 0 Å². The van der Waals surface area contributed by atoms with Crippen molar-refractivity contribution >= 4 is 0 Å². The van der Waals surface area contributed by atoms with E-state index in [1.807, 2.05) is 0 Å². The molecule has 0 N–H and O–H groups in total. The molecule has 0 spiro atoms. The molecule has 0 aliphatic heterocycles. The number of hydrogen-bond acceptors (Lipinski definition) is 0. The van der Waals surface area contributed by atoms with Gasteiger partial charge in [-0.2, -0.15) is 0 Å². The molecule has 1 aromatic carbocycles. The normalized spacial score (nSPS) is 11.5. The van der Waals surface area contributed by atoms with Gasteiger partial charge in [-0.15, -0.1) is 6.58 Å². The molecule has 0 atom stereocenters. The second-order valence-corrected chi connectivity index (χ2v) is 8.40. The lowest BCUT2D eigenvalue weighted by molar-refractivity contribution is 0.205. The van der Waals surface area contributed by atoms with Crippen LogP contribution in [0.15, 0.2) is 48.6 Å². The van der Waals surface area contributed by atoms with Crippen molar-refractivity contribution in [2.24, 2.45) is 5.41 Å². The van der Waals surface area contributed by atoms with Crippen LogP contribution in [0.4, 0.5) is 0 Å². The lowest BCUT2D eigenvalue weighted by Gasteiger charge is -2.32. The zero-order valence-corrected chi connectivity index (χ0v) is 18.0. The van der Waals surface area contributed by atoms with Gasteiger partial charge in [-0.1, -0.05) is 75.1 Å². The molecule has 0 unspecified atom stereocenters. The van der Waals surface area contributed by atoms with Gasteiger partial charge in [0.25, 0.3) is 0 Å². The van der Waals surface area contributed by atoms with E-state index in [1.54, 1.807) is 0 Å². The number of aryl methyl sites for hydroxylation is 2. The first kappa shape index (κ1) is 22.7. The molecule has 1 aromatic rings. The molecule has 0 fully saturated rings. The molecule has 1 rings (SSSR count). The Morgan fingerprint density at radius 2 is 1.54 bits per heavy atom. The van der Waals surface area contributed by atoms with Crippen molar-refractivity contribution in [2.45, 2.75) is 98.3 Å². The van der Waals surface area contributed by atoms with Crippen molar-refractivity contribution < 1.29 is 0 Å². The second kappa shape index (κ2) is 12.2. The fraction of sp³-hybridized carbons (Fsp3) is 0.615. The molecule has 146 valence electrons. The average molecular weight is 355 g/mol. The quantitative estimate of drug-likeness (QED) is 0.232. The molecular weight excluding hydrogens is 312 g/mol. The molecule has 0 radical (unpaired) electrons. The standard InChI is InChI=1S/C26H42/c1-7-26(8-2,20-12-11-14-23(5)19-18-22(3)4)21-13-17-25-16-10-9-15-24(25)6/h9-10,15-16H,3,5,7-8,11-14,17-21H2,1-2,4,6H3. The van der Waals surface area contributed by atoms with E-state index in [4.69, 9.17) is 0 Å². The molecule has 0 aromatic heterocycles. The molecule has 0 aliphatic rings. The number of rotatable bonds is 14. The van der Waals surface area contributed by atoms with Gasteiger partial charge in [0.05, 0.1) is 0 Å². The number of benzene rings is 1. The highest BCUT2D eigenvalue weighted by atomic mass is 14.3. The van der Waals surface area contributed by atoms with E-state index in [0.29, 0.717) is 5.41 Å². The smallest absolute Gasteiger partial charge is 0.0276 e. The van der Waals surface area contributed by atoms with Gasteiger partial charge in [0, 0.05) is 0 Å². The van der Waals surface area contributed by atoms with Crippen LogP contribution in [-0.4, -0.2) is 0 Å². The van der Waals surface area contributed by atoms with Crippen LogP contribution in [0.2, 0.25) is 0 Å². The summed E-state index contributed by atoms with van der Waals surface area (Å²) >= 11 is 0. The van der Waals surface area contributed by atoms with E-state index >= 15 is 0 Å². The number of allylic oxidation sites excluding steroid dienone is 2. The zero-order valence-electron chi connectivity index (χ0n) is 18.0. The molecule has 0 heterocycles. The topological polar surface area (TPSA) is 0 Å². The summed E-state index contributed by atoms with van der Waals surface area (Å²) in [6, 6.07) is 8.86. The largest absolute Gasteiger partial charge is 0.100 e. The Hall–Kier alpha value is -1.30. The lowest BCUT2D eigenvalue weighted by atomic mass is 9.73. The summed E-state index contributed by atoms with van der Waals surface area (Å²) < 4.78 is 0. The van der Waals surface area contributed by atoms with Crippen LogP contribution >= 0.6 is 0 Å².